The molecule has 3 rings (SSSR count). The predicted molar refractivity (Wildman–Crippen MR) is 71.2 cm³/mol. The quantitative estimate of drug-likeness (QED) is 0.688. The predicted octanol–water partition coefficient (Wildman–Crippen LogP) is 3.33. The third-order valence-electron chi connectivity index (χ3n) is 2.64. The van der Waals surface area contributed by atoms with E-state index < -0.39 is 18.9 Å². The molecule has 0 unspecified atom stereocenters. The van der Waals surface area contributed by atoms with Gasteiger partial charge in [0.1, 0.15) is 9.88 Å². The molecule has 0 aliphatic rings. The highest BCUT2D eigenvalue weighted by Crippen LogP contribution is 2.28. The topological polar surface area (TPSA) is 81.7 Å². The van der Waals surface area contributed by atoms with Crippen molar-refractivity contribution in [3.8, 4) is 10.8 Å². The maximum atomic E-state index is 12.4. The summed E-state index contributed by atoms with van der Waals surface area (Å²) in [5.74, 6) is -0.804. The van der Waals surface area contributed by atoms with Crippen LogP contribution in [0.5, 0.6) is 0 Å². The summed E-state index contributed by atoms with van der Waals surface area (Å²) < 4.78 is 54.9. The molecule has 0 aromatic carbocycles. The Bertz CT molecular complexity index is 785. The zero-order chi connectivity index (χ0) is 16.4. The van der Waals surface area contributed by atoms with E-state index >= 15 is 0 Å². The second-order valence-electron chi connectivity index (χ2n) is 4.20. The molecule has 0 aliphatic carbocycles. The molecule has 3 aromatic heterocycles. The fraction of sp³-hybridized carbons (Fsp3) is 0.273. The number of rotatable bonds is 6. The lowest BCUT2D eigenvalue weighted by Gasteiger charge is -1.99. The van der Waals surface area contributed by atoms with Crippen LogP contribution in [0.25, 0.3) is 10.8 Å². The summed E-state index contributed by atoms with van der Waals surface area (Å²) in [6, 6.07) is 0. The fourth-order valence-electron chi connectivity index (χ4n) is 1.63. The summed E-state index contributed by atoms with van der Waals surface area (Å²) in [6.07, 6.45) is 0.990. The lowest BCUT2D eigenvalue weighted by Crippen LogP contribution is -1.99. The highest BCUT2D eigenvalue weighted by molar-refractivity contribution is 7.15. The number of thiazole rings is 1. The molecule has 0 spiro atoms. The lowest BCUT2D eigenvalue weighted by atomic mass is 10.5. The fourth-order valence-corrected chi connectivity index (χ4v) is 2.41. The van der Waals surface area contributed by atoms with Crippen molar-refractivity contribution in [2.24, 2.45) is 0 Å². The number of alkyl halides is 4. The first-order valence-electron chi connectivity index (χ1n) is 6.15. The molecule has 0 aliphatic heterocycles. The van der Waals surface area contributed by atoms with Crippen LogP contribution in [-0.4, -0.2) is 25.0 Å². The Labute approximate surface area is 130 Å². The molecule has 23 heavy (non-hydrogen) atoms. The molecule has 1 N–H and O–H groups in total. The number of halogens is 4. The third kappa shape index (κ3) is 3.47. The van der Waals surface area contributed by atoms with E-state index in [0.717, 1.165) is 17.5 Å². The van der Waals surface area contributed by atoms with Crippen LogP contribution in [-0.2, 0) is 6.54 Å². The van der Waals surface area contributed by atoms with Crippen LogP contribution in [0.1, 0.15) is 23.9 Å². The van der Waals surface area contributed by atoms with E-state index in [1.165, 1.54) is 12.4 Å². The Morgan fingerprint density at radius 1 is 1.22 bits per heavy atom. The van der Waals surface area contributed by atoms with Crippen LogP contribution in [0, 0.1) is 0 Å². The number of aromatic nitrogens is 5. The normalized spacial score (nSPS) is 11.6. The molecule has 0 saturated heterocycles. The van der Waals surface area contributed by atoms with Crippen molar-refractivity contribution in [2.75, 3.05) is 5.32 Å². The second-order valence-corrected chi connectivity index (χ2v) is 5.32. The van der Waals surface area contributed by atoms with Crippen LogP contribution < -0.4 is 5.32 Å². The van der Waals surface area contributed by atoms with E-state index in [4.69, 9.17) is 4.42 Å². The van der Waals surface area contributed by atoms with Gasteiger partial charge in [-0.3, -0.25) is 0 Å². The molecule has 0 saturated carbocycles. The van der Waals surface area contributed by atoms with Gasteiger partial charge in [-0.25, -0.2) is 9.67 Å². The molecule has 0 bridgehead atoms. The van der Waals surface area contributed by atoms with Gasteiger partial charge in [-0.15, -0.1) is 21.5 Å². The second kappa shape index (κ2) is 6.32. The Morgan fingerprint density at radius 2 is 2.04 bits per heavy atom. The monoisotopic (exact) mass is 348 g/mol. The molecule has 3 heterocycles. The Kier molecular flexibility index (Phi) is 4.23. The van der Waals surface area contributed by atoms with Crippen LogP contribution in [0.15, 0.2) is 23.0 Å². The Hall–Kier alpha value is -2.50. The van der Waals surface area contributed by atoms with Crippen molar-refractivity contribution >= 4 is 17.0 Å². The van der Waals surface area contributed by atoms with Crippen molar-refractivity contribution in [2.45, 2.75) is 19.5 Å². The Morgan fingerprint density at radius 3 is 2.70 bits per heavy atom. The van der Waals surface area contributed by atoms with E-state index in [2.05, 4.69) is 25.6 Å². The van der Waals surface area contributed by atoms with Gasteiger partial charge in [0, 0.05) is 0 Å². The molecule has 12 heteroatoms. The number of hydrogen-bond acceptors (Lipinski definition) is 7. The smallest absolute Gasteiger partial charge is 0.333 e. The number of hydrogen-bond donors (Lipinski definition) is 1. The van der Waals surface area contributed by atoms with Crippen molar-refractivity contribution in [1.82, 2.24) is 25.0 Å². The summed E-state index contributed by atoms with van der Waals surface area (Å²) in [7, 11) is 0. The van der Waals surface area contributed by atoms with Gasteiger partial charge in [-0.2, -0.15) is 22.7 Å². The van der Waals surface area contributed by atoms with Gasteiger partial charge in [0.2, 0.25) is 0 Å². The van der Waals surface area contributed by atoms with Gasteiger partial charge < -0.3 is 9.73 Å². The van der Waals surface area contributed by atoms with Crippen molar-refractivity contribution in [3.63, 3.8) is 0 Å². The van der Waals surface area contributed by atoms with Crippen LogP contribution in [0.3, 0.4) is 0 Å². The molecule has 0 amide bonds. The minimum atomic E-state index is -2.84. The number of nitrogens with zero attached hydrogens (tertiary/aromatic N) is 5. The van der Waals surface area contributed by atoms with Gasteiger partial charge in [0.05, 0.1) is 30.8 Å². The molecule has 122 valence electrons. The van der Waals surface area contributed by atoms with Crippen LogP contribution >= 0.6 is 11.3 Å². The zero-order valence-corrected chi connectivity index (χ0v) is 12.0. The molecular formula is C11H8F4N6OS. The van der Waals surface area contributed by atoms with Crippen LogP contribution in [0.2, 0.25) is 0 Å². The average Bonchev–Trinajstić information content (AvgIpc) is 3.24. The summed E-state index contributed by atoms with van der Waals surface area (Å²) in [5, 5.41) is 13.7. The van der Waals surface area contributed by atoms with E-state index in [0.29, 0.717) is 20.3 Å². The van der Waals surface area contributed by atoms with Crippen molar-refractivity contribution in [1.29, 1.82) is 0 Å². The summed E-state index contributed by atoms with van der Waals surface area (Å²) in [5.41, 5.74) is 0.403. The van der Waals surface area contributed by atoms with E-state index in [-0.39, 0.29) is 12.4 Å². The maximum absolute atomic E-state index is 12.4. The zero-order valence-electron chi connectivity index (χ0n) is 11.2. The first-order chi connectivity index (χ1) is 11.0. The first-order valence-corrected chi connectivity index (χ1v) is 6.97. The van der Waals surface area contributed by atoms with Gasteiger partial charge >= 0.3 is 13.0 Å². The van der Waals surface area contributed by atoms with Crippen molar-refractivity contribution < 1.29 is 22.0 Å². The molecule has 7 nitrogen and oxygen atoms in total. The third-order valence-corrected chi connectivity index (χ3v) is 3.62. The van der Waals surface area contributed by atoms with E-state index in [1.807, 2.05) is 0 Å². The molecule has 0 fully saturated rings. The number of nitrogens with one attached hydrogen (secondary N) is 1. The Balaban J connectivity index is 1.64. The highest BCUT2D eigenvalue weighted by atomic mass is 32.1. The molecule has 0 atom stereocenters. The van der Waals surface area contributed by atoms with Crippen LogP contribution in [0.4, 0.5) is 23.2 Å². The number of anilines is 1. The summed E-state index contributed by atoms with van der Waals surface area (Å²) >= 11 is 1.15. The minimum absolute atomic E-state index is 0.0467. The maximum Gasteiger partial charge on any atom is 0.333 e. The van der Waals surface area contributed by atoms with Gasteiger partial charge in [0.15, 0.2) is 0 Å². The standard InChI is InChI=1S/C11H8F4N6OS/c12-8(13)10-20-19-9(22-10)6-2-17-7(23-6)3-16-5-1-18-21(4-5)11(14)15/h1-2,4,8,11,16H,3H2. The first kappa shape index (κ1) is 15.4. The molecular weight excluding hydrogens is 340 g/mol. The van der Waals surface area contributed by atoms with E-state index in [1.54, 1.807) is 0 Å². The van der Waals surface area contributed by atoms with E-state index in [9.17, 15) is 17.6 Å². The molecule has 0 radical (unpaired) electrons. The summed E-state index contributed by atoms with van der Waals surface area (Å²) in [6.45, 7) is -2.46. The van der Waals surface area contributed by atoms with Crippen molar-refractivity contribution in [3.05, 3.63) is 29.5 Å². The SMILES string of the molecule is FC(F)c1nnc(-c2cnc(CNc3cnn(C(F)F)c3)s2)o1. The average molecular weight is 348 g/mol. The minimum Gasteiger partial charge on any atom is -0.414 e. The van der Waals surface area contributed by atoms with Gasteiger partial charge in [0.25, 0.3) is 11.8 Å². The highest BCUT2D eigenvalue weighted by Gasteiger charge is 2.18. The lowest BCUT2D eigenvalue weighted by molar-refractivity contribution is 0.0566. The molecule has 3 aromatic rings. The summed E-state index contributed by atoms with van der Waals surface area (Å²) in [4.78, 5) is 4.50. The van der Waals surface area contributed by atoms with Gasteiger partial charge in [-0.05, 0) is 0 Å². The van der Waals surface area contributed by atoms with Gasteiger partial charge in [-0.1, -0.05) is 0 Å². The largest absolute Gasteiger partial charge is 0.414 e.